The summed E-state index contributed by atoms with van der Waals surface area (Å²) in [4.78, 5) is 1.44. The smallest absolute Gasteiger partial charge is 0.0328 e. The zero-order valence-electron chi connectivity index (χ0n) is 7.92. The van der Waals surface area contributed by atoms with E-state index in [4.69, 9.17) is 5.73 Å². The van der Waals surface area contributed by atoms with Crippen LogP contribution in [0.5, 0.6) is 0 Å². The summed E-state index contributed by atoms with van der Waals surface area (Å²) in [7, 11) is 0. The molecule has 0 aliphatic heterocycles. The average molecular weight is 193 g/mol. The molecule has 1 aromatic heterocycles. The third-order valence-corrected chi connectivity index (χ3v) is 3.64. The quantitative estimate of drug-likeness (QED) is 0.729. The first-order chi connectivity index (χ1) is 6.27. The van der Waals surface area contributed by atoms with E-state index in [2.05, 4.69) is 24.4 Å². The summed E-state index contributed by atoms with van der Waals surface area (Å²) in [6.07, 6.45) is 5.83. The van der Waals surface area contributed by atoms with E-state index in [0.717, 1.165) is 6.42 Å². The van der Waals surface area contributed by atoms with Crippen molar-refractivity contribution in [1.29, 1.82) is 0 Å². The van der Waals surface area contributed by atoms with Crippen molar-refractivity contribution in [2.24, 2.45) is 5.73 Å². The highest BCUT2D eigenvalue weighted by Gasteiger charge is 2.13. The van der Waals surface area contributed by atoms with Gasteiger partial charge in [0.25, 0.3) is 0 Å². The number of aryl methyl sites for hydroxylation is 1. The van der Waals surface area contributed by atoms with Gasteiger partial charge in [-0.2, -0.15) is 0 Å². The van der Waals surface area contributed by atoms with Crippen molar-refractivity contribution in [3.63, 3.8) is 0 Å². The van der Waals surface area contributed by atoms with Crippen molar-refractivity contribution in [1.82, 2.24) is 0 Å². The van der Waals surface area contributed by atoms with Gasteiger partial charge in [-0.05, 0) is 48.8 Å². The van der Waals surface area contributed by atoms with Crippen LogP contribution in [-0.2, 0) is 0 Å². The number of hydrogen-bond donors (Lipinski definition) is 1. The predicted octanol–water partition coefficient (Wildman–Crippen LogP) is 2.95. The number of rotatable bonds is 1. The Morgan fingerprint density at radius 1 is 1.54 bits per heavy atom. The summed E-state index contributed by atoms with van der Waals surface area (Å²) in [6.45, 7) is 2.17. The van der Waals surface area contributed by atoms with Crippen molar-refractivity contribution >= 4 is 16.9 Å². The van der Waals surface area contributed by atoms with E-state index in [1.165, 1.54) is 28.9 Å². The van der Waals surface area contributed by atoms with Crippen molar-refractivity contribution in [3.05, 3.63) is 28.0 Å². The van der Waals surface area contributed by atoms with Crippen molar-refractivity contribution in [3.8, 4) is 0 Å². The van der Waals surface area contributed by atoms with Crippen LogP contribution in [0.2, 0.25) is 0 Å². The molecule has 13 heavy (non-hydrogen) atoms. The van der Waals surface area contributed by atoms with E-state index in [9.17, 15) is 0 Å². The molecule has 0 spiro atoms. The standard InChI is InChI=1S/C11H15NS/c1-8-5-6-13-11(8)9-3-2-4-10(12)7-9/h5-7,10H,2-4,12H2,1H3. The summed E-state index contributed by atoms with van der Waals surface area (Å²) in [5.74, 6) is 0. The maximum absolute atomic E-state index is 5.91. The predicted molar refractivity (Wildman–Crippen MR) is 58.9 cm³/mol. The Kier molecular flexibility index (Phi) is 2.51. The van der Waals surface area contributed by atoms with Crippen LogP contribution in [0.3, 0.4) is 0 Å². The summed E-state index contributed by atoms with van der Waals surface area (Å²) >= 11 is 1.83. The Balaban J connectivity index is 2.30. The van der Waals surface area contributed by atoms with Crippen LogP contribution < -0.4 is 5.73 Å². The molecule has 0 amide bonds. The summed E-state index contributed by atoms with van der Waals surface area (Å²) < 4.78 is 0. The van der Waals surface area contributed by atoms with E-state index in [1.807, 2.05) is 11.3 Å². The largest absolute Gasteiger partial charge is 0.324 e. The first-order valence-corrected chi connectivity index (χ1v) is 5.66. The van der Waals surface area contributed by atoms with E-state index in [0.29, 0.717) is 0 Å². The second-order valence-electron chi connectivity index (χ2n) is 3.68. The topological polar surface area (TPSA) is 26.0 Å². The Morgan fingerprint density at radius 3 is 3.00 bits per heavy atom. The number of allylic oxidation sites excluding steroid dienone is 1. The first kappa shape index (κ1) is 8.97. The molecule has 0 saturated carbocycles. The highest BCUT2D eigenvalue weighted by molar-refractivity contribution is 7.11. The van der Waals surface area contributed by atoms with E-state index in [1.54, 1.807) is 0 Å². The van der Waals surface area contributed by atoms with Crippen LogP contribution in [-0.4, -0.2) is 6.04 Å². The average Bonchev–Trinajstić information content (AvgIpc) is 2.51. The molecule has 0 saturated heterocycles. The highest BCUT2D eigenvalue weighted by atomic mass is 32.1. The number of nitrogens with two attached hydrogens (primary N) is 1. The fraction of sp³-hybridized carbons (Fsp3) is 0.455. The van der Waals surface area contributed by atoms with Crippen molar-refractivity contribution in [2.75, 3.05) is 0 Å². The van der Waals surface area contributed by atoms with Gasteiger partial charge >= 0.3 is 0 Å². The van der Waals surface area contributed by atoms with E-state index in [-0.39, 0.29) is 6.04 Å². The lowest BCUT2D eigenvalue weighted by Gasteiger charge is -2.17. The molecule has 0 radical (unpaired) electrons. The van der Waals surface area contributed by atoms with Gasteiger partial charge in [0, 0.05) is 10.9 Å². The van der Waals surface area contributed by atoms with Gasteiger partial charge in [0.05, 0.1) is 0 Å². The maximum Gasteiger partial charge on any atom is 0.0328 e. The molecule has 1 heterocycles. The molecular formula is C11H15NS. The van der Waals surface area contributed by atoms with Crippen molar-refractivity contribution in [2.45, 2.75) is 32.2 Å². The minimum Gasteiger partial charge on any atom is -0.324 e. The Morgan fingerprint density at radius 2 is 2.38 bits per heavy atom. The number of hydrogen-bond acceptors (Lipinski definition) is 2. The Labute approximate surface area is 83.3 Å². The van der Waals surface area contributed by atoms with E-state index < -0.39 is 0 Å². The molecule has 1 aromatic rings. The van der Waals surface area contributed by atoms with Gasteiger partial charge in [-0.15, -0.1) is 11.3 Å². The molecule has 1 atom stereocenters. The molecule has 0 bridgehead atoms. The zero-order valence-corrected chi connectivity index (χ0v) is 8.73. The molecular weight excluding hydrogens is 178 g/mol. The summed E-state index contributed by atoms with van der Waals surface area (Å²) in [6, 6.07) is 2.46. The third kappa shape index (κ3) is 1.84. The first-order valence-electron chi connectivity index (χ1n) is 4.78. The molecule has 1 aliphatic carbocycles. The lowest BCUT2D eigenvalue weighted by molar-refractivity contribution is 0.655. The van der Waals surface area contributed by atoms with Gasteiger partial charge in [-0.25, -0.2) is 0 Å². The van der Waals surface area contributed by atoms with Gasteiger partial charge in [0.1, 0.15) is 0 Å². The van der Waals surface area contributed by atoms with Crippen LogP contribution in [0.15, 0.2) is 17.5 Å². The fourth-order valence-corrected chi connectivity index (χ4v) is 2.83. The normalized spacial score (nSPS) is 22.9. The summed E-state index contributed by atoms with van der Waals surface area (Å²) in [5.41, 5.74) is 8.77. The number of thiophene rings is 1. The molecule has 2 rings (SSSR count). The molecule has 2 N–H and O–H groups in total. The minimum absolute atomic E-state index is 0.283. The fourth-order valence-electron chi connectivity index (χ4n) is 1.84. The van der Waals surface area contributed by atoms with E-state index >= 15 is 0 Å². The lowest BCUT2D eigenvalue weighted by atomic mass is 9.94. The second kappa shape index (κ2) is 3.64. The monoisotopic (exact) mass is 193 g/mol. The SMILES string of the molecule is Cc1ccsc1C1=CC(N)CCC1. The van der Waals surface area contributed by atoms with Gasteiger partial charge in [0.15, 0.2) is 0 Å². The zero-order chi connectivity index (χ0) is 9.26. The third-order valence-electron chi connectivity index (χ3n) is 2.55. The molecule has 1 aliphatic rings. The molecule has 2 heteroatoms. The van der Waals surface area contributed by atoms with Gasteiger partial charge in [-0.1, -0.05) is 6.08 Å². The Bertz CT molecular complexity index is 325. The minimum atomic E-state index is 0.283. The maximum atomic E-state index is 5.91. The van der Waals surface area contributed by atoms with Gasteiger partial charge in [0.2, 0.25) is 0 Å². The highest BCUT2D eigenvalue weighted by Crippen LogP contribution is 2.31. The van der Waals surface area contributed by atoms with Crippen LogP contribution in [0.1, 0.15) is 29.7 Å². The lowest BCUT2D eigenvalue weighted by Crippen LogP contribution is -2.19. The van der Waals surface area contributed by atoms with Crippen LogP contribution in [0.4, 0.5) is 0 Å². The van der Waals surface area contributed by atoms with Crippen LogP contribution in [0, 0.1) is 6.92 Å². The molecule has 70 valence electrons. The Hall–Kier alpha value is -0.600. The molecule has 1 unspecified atom stereocenters. The van der Waals surface area contributed by atoms with Crippen LogP contribution >= 0.6 is 11.3 Å². The van der Waals surface area contributed by atoms with Gasteiger partial charge in [-0.3, -0.25) is 0 Å². The molecule has 0 fully saturated rings. The molecule has 1 nitrogen and oxygen atoms in total. The van der Waals surface area contributed by atoms with Crippen LogP contribution in [0.25, 0.3) is 5.57 Å². The van der Waals surface area contributed by atoms with Crippen molar-refractivity contribution < 1.29 is 0 Å². The second-order valence-corrected chi connectivity index (χ2v) is 4.60. The summed E-state index contributed by atoms with van der Waals surface area (Å²) in [5, 5.41) is 2.16. The van der Waals surface area contributed by atoms with Gasteiger partial charge < -0.3 is 5.73 Å². The molecule has 0 aromatic carbocycles.